The zero-order valence-electron chi connectivity index (χ0n) is 12.2. The van der Waals surface area contributed by atoms with Gasteiger partial charge in [0.1, 0.15) is 0 Å². The van der Waals surface area contributed by atoms with Gasteiger partial charge in [-0.3, -0.25) is 4.79 Å². The van der Waals surface area contributed by atoms with E-state index in [2.05, 4.69) is 4.90 Å². The molecule has 1 aliphatic heterocycles. The van der Waals surface area contributed by atoms with E-state index in [-0.39, 0.29) is 12.1 Å². The minimum absolute atomic E-state index is 0.178. The van der Waals surface area contributed by atoms with E-state index in [9.17, 15) is 9.90 Å². The van der Waals surface area contributed by atoms with Gasteiger partial charge in [-0.2, -0.15) is 0 Å². The van der Waals surface area contributed by atoms with Crippen LogP contribution >= 0.6 is 0 Å². The first-order valence-corrected chi connectivity index (χ1v) is 7.22. The van der Waals surface area contributed by atoms with Crippen molar-refractivity contribution in [3.8, 4) is 0 Å². The molecule has 0 aromatic heterocycles. The maximum Gasteiger partial charge on any atom is 0.310 e. The summed E-state index contributed by atoms with van der Waals surface area (Å²) in [7, 11) is 0. The van der Waals surface area contributed by atoms with Crippen molar-refractivity contribution in [3.63, 3.8) is 0 Å². The number of carbonyl (C=O) groups is 1. The second-order valence-corrected chi connectivity index (χ2v) is 5.81. The number of hydrogen-bond acceptors (Lipinski definition) is 4. The lowest BCUT2D eigenvalue weighted by atomic mass is 10.1. The van der Waals surface area contributed by atoms with Gasteiger partial charge in [-0.05, 0) is 30.0 Å². The minimum atomic E-state index is -0.222. The molecule has 1 aliphatic rings. The lowest BCUT2D eigenvalue weighted by molar-refractivity contribution is -0.143. The van der Waals surface area contributed by atoms with E-state index in [4.69, 9.17) is 4.74 Å². The quantitative estimate of drug-likeness (QED) is 0.836. The molecular formula is C16H23NO3. The van der Waals surface area contributed by atoms with Gasteiger partial charge in [-0.25, -0.2) is 0 Å². The van der Waals surface area contributed by atoms with Crippen LogP contribution in [0.4, 0.5) is 5.69 Å². The van der Waals surface area contributed by atoms with E-state index < -0.39 is 0 Å². The van der Waals surface area contributed by atoms with Gasteiger partial charge < -0.3 is 14.7 Å². The average Bonchev–Trinajstić information content (AvgIpc) is 2.84. The lowest BCUT2D eigenvalue weighted by Gasteiger charge is -2.18. The molecule has 20 heavy (non-hydrogen) atoms. The summed E-state index contributed by atoms with van der Waals surface area (Å²) in [6.07, 6.45) is 0.916. The van der Waals surface area contributed by atoms with Crippen LogP contribution in [0.25, 0.3) is 0 Å². The van der Waals surface area contributed by atoms with Crippen LogP contribution in [0, 0.1) is 5.92 Å². The minimum Gasteiger partial charge on any atom is -0.465 e. The molecule has 1 aromatic rings. The summed E-state index contributed by atoms with van der Waals surface area (Å²) in [6, 6.07) is 7.92. The molecule has 2 rings (SSSR count). The van der Waals surface area contributed by atoms with E-state index in [1.54, 1.807) is 0 Å². The molecule has 1 saturated heterocycles. The predicted molar refractivity (Wildman–Crippen MR) is 78.8 cm³/mol. The summed E-state index contributed by atoms with van der Waals surface area (Å²) >= 11 is 0. The van der Waals surface area contributed by atoms with Crippen LogP contribution < -0.4 is 4.90 Å². The molecule has 4 heteroatoms. The van der Waals surface area contributed by atoms with Gasteiger partial charge in [0.25, 0.3) is 0 Å². The summed E-state index contributed by atoms with van der Waals surface area (Å²) in [6.45, 7) is 6.09. The van der Waals surface area contributed by atoms with Crippen LogP contribution in [0.1, 0.15) is 25.8 Å². The molecule has 1 atom stereocenters. The summed E-state index contributed by atoms with van der Waals surface area (Å²) in [5.74, 6) is 0.186. The molecular weight excluding hydrogens is 254 g/mol. The van der Waals surface area contributed by atoms with Gasteiger partial charge in [0.15, 0.2) is 0 Å². The number of benzene rings is 1. The van der Waals surface area contributed by atoms with Crippen LogP contribution in [0.5, 0.6) is 0 Å². The number of hydrogen-bond donors (Lipinski definition) is 1. The third kappa shape index (κ3) is 4.23. The third-order valence-corrected chi connectivity index (χ3v) is 3.39. The Kier molecular flexibility index (Phi) is 5.01. The Bertz CT molecular complexity index is 442. The Morgan fingerprint density at radius 3 is 2.65 bits per heavy atom. The largest absolute Gasteiger partial charge is 0.465 e. The molecule has 110 valence electrons. The number of rotatable bonds is 5. The monoisotopic (exact) mass is 277 g/mol. The first-order valence-electron chi connectivity index (χ1n) is 7.22. The molecule has 1 N–H and O–H groups in total. The van der Waals surface area contributed by atoms with Crippen molar-refractivity contribution in [1.29, 1.82) is 0 Å². The molecule has 0 spiro atoms. The van der Waals surface area contributed by atoms with Crippen LogP contribution in [0.15, 0.2) is 24.3 Å². The number of aliphatic hydroxyl groups is 1. The first kappa shape index (κ1) is 14.9. The Hall–Kier alpha value is -1.55. The van der Waals surface area contributed by atoms with Gasteiger partial charge in [0.2, 0.25) is 0 Å². The van der Waals surface area contributed by atoms with Crippen LogP contribution in [0.2, 0.25) is 0 Å². The molecule has 0 radical (unpaired) electrons. The maximum atomic E-state index is 11.6. The second-order valence-electron chi connectivity index (χ2n) is 5.81. The highest BCUT2D eigenvalue weighted by atomic mass is 16.5. The second kappa shape index (κ2) is 6.75. The molecule has 0 unspecified atom stereocenters. The number of aliphatic hydroxyl groups excluding tert-OH is 1. The Balaban J connectivity index is 1.86. The number of ether oxygens (including phenoxy) is 1. The Labute approximate surface area is 120 Å². The number of esters is 1. The van der Waals surface area contributed by atoms with Gasteiger partial charge >= 0.3 is 5.97 Å². The van der Waals surface area contributed by atoms with Gasteiger partial charge in [0, 0.05) is 18.8 Å². The molecule has 0 amide bonds. The zero-order chi connectivity index (χ0) is 14.5. The normalized spacial score (nSPS) is 18.6. The zero-order valence-corrected chi connectivity index (χ0v) is 12.2. The molecule has 0 bridgehead atoms. The topological polar surface area (TPSA) is 49.8 Å². The molecule has 1 heterocycles. The molecule has 1 fully saturated rings. The lowest BCUT2D eigenvalue weighted by Crippen LogP contribution is -2.21. The highest BCUT2D eigenvalue weighted by Crippen LogP contribution is 2.21. The van der Waals surface area contributed by atoms with Crippen LogP contribution in [-0.2, 0) is 16.0 Å². The first-order chi connectivity index (χ1) is 9.54. The fourth-order valence-electron chi connectivity index (χ4n) is 2.28. The third-order valence-electron chi connectivity index (χ3n) is 3.39. The van der Waals surface area contributed by atoms with Crippen molar-refractivity contribution in [3.05, 3.63) is 29.8 Å². The molecule has 4 nitrogen and oxygen atoms in total. The van der Waals surface area contributed by atoms with E-state index in [0.29, 0.717) is 25.5 Å². The van der Waals surface area contributed by atoms with Crippen molar-refractivity contribution in [1.82, 2.24) is 0 Å². The summed E-state index contributed by atoms with van der Waals surface area (Å²) in [5, 5.41) is 9.54. The van der Waals surface area contributed by atoms with Crippen molar-refractivity contribution in [2.45, 2.75) is 32.8 Å². The van der Waals surface area contributed by atoms with E-state index in [1.165, 1.54) is 0 Å². The van der Waals surface area contributed by atoms with Gasteiger partial charge in [-0.1, -0.05) is 26.0 Å². The van der Waals surface area contributed by atoms with Crippen molar-refractivity contribution < 1.29 is 14.6 Å². The number of anilines is 1. The number of nitrogens with zero attached hydrogens (tertiary/aromatic N) is 1. The van der Waals surface area contributed by atoms with Gasteiger partial charge in [0.05, 0.1) is 19.1 Å². The Morgan fingerprint density at radius 2 is 2.10 bits per heavy atom. The summed E-state index contributed by atoms with van der Waals surface area (Å²) < 4.78 is 5.17. The predicted octanol–water partition coefficient (Wildman–Crippen LogP) is 2.00. The number of carbonyl (C=O) groups excluding carboxylic acids is 1. The fraction of sp³-hybridized carbons (Fsp3) is 0.562. The van der Waals surface area contributed by atoms with Gasteiger partial charge in [-0.15, -0.1) is 0 Å². The Morgan fingerprint density at radius 1 is 1.40 bits per heavy atom. The highest BCUT2D eigenvalue weighted by molar-refractivity contribution is 5.72. The maximum absolute atomic E-state index is 11.6. The van der Waals surface area contributed by atoms with E-state index in [0.717, 1.165) is 24.2 Å². The van der Waals surface area contributed by atoms with E-state index >= 15 is 0 Å². The van der Waals surface area contributed by atoms with Crippen LogP contribution in [-0.4, -0.2) is 36.9 Å². The van der Waals surface area contributed by atoms with E-state index in [1.807, 2.05) is 38.1 Å². The fourth-order valence-corrected chi connectivity index (χ4v) is 2.28. The summed E-state index contributed by atoms with van der Waals surface area (Å²) in [4.78, 5) is 13.8. The highest BCUT2D eigenvalue weighted by Gasteiger charge is 2.20. The SMILES string of the molecule is CC(C)COC(=O)Cc1ccc(N2CC[C@@H](O)C2)cc1. The molecule has 0 saturated carbocycles. The van der Waals surface area contributed by atoms with Crippen molar-refractivity contribution in [2.24, 2.45) is 5.92 Å². The van der Waals surface area contributed by atoms with Crippen LogP contribution in [0.3, 0.4) is 0 Å². The summed E-state index contributed by atoms with van der Waals surface area (Å²) in [5.41, 5.74) is 2.06. The number of β-amino-alcohol motifs (C(OH)–C–C–N with tert-alkyl or cyclic N) is 1. The molecule has 0 aliphatic carbocycles. The average molecular weight is 277 g/mol. The van der Waals surface area contributed by atoms with Crippen molar-refractivity contribution >= 4 is 11.7 Å². The smallest absolute Gasteiger partial charge is 0.310 e. The van der Waals surface area contributed by atoms with Crippen molar-refractivity contribution in [2.75, 3.05) is 24.6 Å². The molecule has 1 aromatic carbocycles. The standard InChI is InChI=1S/C16H23NO3/c1-12(2)11-20-16(19)9-13-3-5-14(6-4-13)17-8-7-15(18)10-17/h3-6,12,15,18H,7-11H2,1-2H3/t15-/m1/s1.